The van der Waals surface area contributed by atoms with Crippen molar-refractivity contribution in [3.63, 3.8) is 0 Å². The molecule has 1 fully saturated rings. The molecule has 2 aromatic heterocycles. The number of benzene rings is 1. The van der Waals surface area contributed by atoms with Crippen LogP contribution in [-0.2, 0) is 6.54 Å². The summed E-state index contributed by atoms with van der Waals surface area (Å²) in [7, 11) is 0. The van der Waals surface area contributed by atoms with Gasteiger partial charge in [-0.3, -0.25) is 0 Å². The zero-order valence-corrected chi connectivity index (χ0v) is 18.9. The van der Waals surface area contributed by atoms with E-state index in [4.69, 9.17) is 20.4 Å². The molecule has 3 heterocycles. The lowest BCUT2D eigenvalue weighted by atomic mass is 10.1. The summed E-state index contributed by atoms with van der Waals surface area (Å²) in [4.78, 5) is 6.51. The smallest absolute Gasteiger partial charge is 0.249 e. The summed E-state index contributed by atoms with van der Waals surface area (Å²) in [6.45, 7) is 3.94. The molecule has 1 aromatic carbocycles. The van der Waals surface area contributed by atoms with Crippen molar-refractivity contribution in [1.29, 1.82) is 0 Å². The van der Waals surface area contributed by atoms with Crippen molar-refractivity contribution in [3.8, 4) is 11.4 Å². The minimum Gasteiger partial charge on any atom is -0.408 e. The van der Waals surface area contributed by atoms with Gasteiger partial charge in [-0.15, -0.1) is 0 Å². The predicted octanol–water partition coefficient (Wildman–Crippen LogP) is 5.28. The highest BCUT2D eigenvalue weighted by Gasteiger charge is 2.32. The number of hydrogen-bond acceptors (Lipinski definition) is 5. The second-order valence-electron chi connectivity index (χ2n) is 8.64. The van der Waals surface area contributed by atoms with Gasteiger partial charge in [-0.2, -0.15) is 4.98 Å². The average Bonchev–Trinajstić information content (AvgIpc) is 3.56. The average molecular weight is 439 g/mol. The summed E-state index contributed by atoms with van der Waals surface area (Å²) >= 11 is 0. The van der Waals surface area contributed by atoms with Crippen LogP contribution in [0.2, 0.25) is 0 Å². The molecule has 0 unspecified atom stereocenters. The van der Waals surface area contributed by atoms with E-state index in [9.17, 15) is 0 Å². The first-order valence-electron chi connectivity index (χ1n) is 11.9. The Morgan fingerprint density at radius 3 is 2.78 bits per heavy atom. The number of unbranched alkanes of at least 4 members (excludes halogenated alkanes) is 6. The molecule has 0 saturated carbocycles. The number of aryl methyl sites for hydroxylation is 1. The quantitative estimate of drug-likeness (QED) is 0.147. The van der Waals surface area contributed by atoms with Crippen molar-refractivity contribution < 1.29 is 9.73 Å². The summed E-state index contributed by atoms with van der Waals surface area (Å²) < 4.78 is 7.94. The molecule has 32 heavy (non-hydrogen) atoms. The maximum Gasteiger partial charge on any atom is 0.249 e. The fourth-order valence-electron chi connectivity index (χ4n) is 4.68. The fourth-order valence-corrected chi connectivity index (χ4v) is 4.68. The molecule has 0 aliphatic carbocycles. The molecule has 3 aromatic rings. The van der Waals surface area contributed by atoms with Gasteiger partial charge >= 0.3 is 0 Å². The monoisotopic (exact) mass is 438 g/mol. The molecule has 1 saturated heterocycles. The molecule has 3 N–H and O–H groups in total. The van der Waals surface area contributed by atoms with E-state index in [1.165, 1.54) is 50.5 Å². The van der Waals surface area contributed by atoms with Crippen molar-refractivity contribution in [2.75, 3.05) is 6.54 Å². The van der Waals surface area contributed by atoms with Crippen molar-refractivity contribution in [2.24, 2.45) is 10.9 Å². The first kappa shape index (κ1) is 22.2. The lowest BCUT2D eigenvalue weighted by molar-refractivity contribution is 0.263. The molecule has 172 valence electrons. The van der Waals surface area contributed by atoms with Crippen LogP contribution in [0.4, 0.5) is 0 Å². The third-order valence-electron chi connectivity index (χ3n) is 6.41. The van der Waals surface area contributed by atoms with Crippen LogP contribution in [0.5, 0.6) is 0 Å². The van der Waals surface area contributed by atoms with Crippen molar-refractivity contribution in [1.82, 2.24) is 19.6 Å². The molecule has 1 aliphatic rings. The minimum absolute atomic E-state index is 0.0820. The molecule has 1 atom stereocenters. The number of likely N-dealkylation sites (tertiary alicyclic amines) is 1. The Hall–Kier alpha value is -3.03. The Morgan fingerprint density at radius 2 is 1.97 bits per heavy atom. The predicted molar refractivity (Wildman–Crippen MR) is 125 cm³/mol. The third kappa shape index (κ3) is 4.74. The highest BCUT2D eigenvalue weighted by atomic mass is 16.5. The van der Waals surface area contributed by atoms with E-state index in [2.05, 4.69) is 46.2 Å². The van der Waals surface area contributed by atoms with Crippen LogP contribution < -0.4 is 5.73 Å². The molecule has 0 amide bonds. The van der Waals surface area contributed by atoms with Gasteiger partial charge in [0.15, 0.2) is 0 Å². The first-order valence-corrected chi connectivity index (χ1v) is 11.9. The number of para-hydroxylation sites is 1. The van der Waals surface area contributed by atoms with Crippen LogP contribution in [0.3, 0.4) is 0 Å². The molecule has 0 bridgehead atoms. The summed E-state index contributed by atoms with van der Waals surface area (Å²) in [6.07, 6.45) is 12.9. The summed E-state index contributed by atoms with van der Waals surface area (Å²) in [5, 5.41) is 17.6. The highest BCUT2D eigenvalue weighted by molar-refractivity contribution is 5.94. The number of nitrogens with two attached hydrogens (primary N) is 1. The Balaban J connectivity index is 1.49. The van der Waals surface area contributed by atoms with Gasteiger partial charge < -0.3 is 24.9 Å². The van der Waals surface area contributed by atoms with Gasteiger partial charge in [-0.25, -0.2) is 0 Å². The largest absolute Gasteiger partial charge is 0.408 e. The Labute approximate surface area is 189 Å². The number of guanidine groups is 1. The fraction of sp³-hybridized carbons (Fsp3) is 0.542. The Bertz CT molecular complexity index is 1040. The zero-order chi connectivity index (χ0) is 22.3. The Morgan fingerprint density at radius 1 is 1.19 bits per heavy atom. The summed E-state index contributed by atoms with van der Waals surface area (Å²) in [5.74, 6) is 1.17. The number of oxime groups is 1. The van der Waals surface area contributed by atoms with Gasteiger partial charge in [-0.05, 0) is 25.3 Å². The molecule has 8 heteroatoms. The van der Waals surface area contributed by atoms with Gasteiger partial charge in [0.1, 0.15) is 6.04 Å². The number of fused-ring (bicyclic) bond motifs is 1. The van der Waals surface area contributed by atoms with Gasteiger partial charge in [0.05, 0.1) is 0 Å². The van der Waals surface area contributed by atoms with Gasteiger partial charge in [-0.1, -0.05) is 74.0 Å². The second kappa shape index (κ2) is 10.5. The van der Waals surface area contributed by atoms with E-state index in [0.717, 1.165) is 30.3 Å². The second-order valence-corrected chi connectivity index (χ2v) is 8.64. The number of nitrogens with zero attached hydrogens (tertiary/aromatic N) is 5. The zero-order valence-electron chi connectivity index (χ0n) is 18.9. The third-order valence-corrected chi connectivity index (χ3v) is 6.41. The van der Waals surface area contributed by atoms with E-state index < -0.39 is 0 Å². The number of hydrogen-bond donors (Lipinski definition) is 2. The van der Waals surface area contributed by atoms with Gasteiger partial charge in [0.2, 0.25) is 17.7 Å². The van der Waals surface area contributed by atoms with Crippen LogP contribution in [0.15, 0.2) is 40.1 Å². The van der Waals surface area contributed by atoms with Crippen molar-refractivity contribution in [2.45, 2.75) is 77.3 Å². The maximum absolute atomic E-state index is 9.06. The van der Waals surface area contributed by atoms with Crippen molar-refractivity contribution in [3.05, 3.63) is 36.4 Å². The first-order chi connectivity index (χ1) is 15.7. The van der Waals surface area contributed by atoms with Crippen molar-refractivity contribution >= 4 is 16.9 Å². The van der Waals surface area contributed by atoms with Crippen LogP contribution in [0, 0.1) is 0 Å². The van der Waals surface area contributed by atoms with Gasteiger partial charge in [0, 0.05) is 35.8 Å². The SMILES string of the molecule is CCCCCCCCCn1cc(-c2noc([C@@H]3CCCN3/C(N)=N/O)n2)c2ccccc21. The number of rotatable bonds is 10. The molecule has 4 rings (SSSR count). The maximum atomic E-state index is 9.06. The molecule has 1 aliphatic heterocycles. The van der Waals surface area contributed by atoms with Crippen LogP contribution in [-0.4, -0.2) is 37.3 Å². The molecule has 8 nitrogen and oxygen atoms in total. The standard InChI is InChI=1S/C24H34N6O2/c1-2-3-4-5-6-7-10-15-29-17-19(18-12-8-9-13-20(18)29)22-26-23(32-28-22)21-14-11-16-30(21)24(25)27-31/h8-9,12-13,17,21,31H,2-7,10-11,14-16H2,1H3,(H2,25,27)/t21-/m0/s1. The normalized spacial score (nSPS) is 17.0. The summed E-state index contributed by atoms with van der Waals surface area (Å²) in [6, 6.07) is 8.22. The highest BCUT2D eigenvalue weighted by Crippen LogP contribution is 2.34. The van der Waals surface area contributed by atoms with E-state index in [1.807, 2.05) is 6.07 Å². The molecule has 0 spiro atoms. The molecule has 0 radical (unpaired) electrons. The topological polar surface area (TPSA) is 106 Å². The lowest BCUT2D eigenvalue weighted by Crippen LogP contribution is -2.36. The van der Waals surface area contributed by atoms with Crippen LogP contribution in [0.25, 0.3) is 22.3 Å². The van der Waals surface area contributed by atoms with E-state index in [1.54, 1.807) is 4.90 Å². The number of aromatic nitrogens is 3. The van der Waals surface area contributed by atoms with E-state index in [-0.39, 0.29) is 12.0 Å². The molecular weight excluding hydrogens is 404 g/mol. The van der Waals surface area contributed by atoms with Crippen LogP contribution in [0.1, 0.15) is 76.6 Å². The summed E-state index contributed by atoms with van der Waals surface area (Å²) in [5.41, 5.74) is 8.00. The minimum atomic E-state index is -0.159. The van der Waals surface area contributed by atoms with Crippen LogP contribution >= 0.6 is 0 Å². The molecular formula is C24H34N6O2. The lowest BCUT2D eigenvalue weighted by Gasteiger charge is -2.21. The van der Waals surface area contributed by atoms with E-state index >= 15 is 0 Å². The Kier molecular flexibility index (Phi) is 7.29. The van der Waals surface area contributed by atoms with Gasteiger partial charge in [0.25, 0.3) is 0 Å². The van der Waals surface area contributed by atoms with E-state index in [0.29, 0.717) is 18.3 Å².